The standard InChI is InChI=1S/C22H20F3N3O5/c1-32-13-16-15-4-2-3-5-19(15)33-20(16)21(29)27-10-8-26(9-11-27)17-7-6-14(22(23,24)25)12-18(17)28(30)31/h2-7,12H,8-11,13H2,1H3. The minimum absolute atomic E-state index is 0.0870. The number of rotatable bonds is 5. The van der Waals surface area contributed by atoms with Crippen molar-refractivity contribution in [2.75, 3.05) is 38.2 Å². The van der Waals surface area contributed by atoms with E-state index in [0.29, 0.717) is 17.2 Å². The van der Waals surface area contributed by atoms with Gasteiger partial charge < -0.3 is 19.0 Å². The highest BCUT2D eigenvalue weighted by Gasteiger charge is 2.35. The fourth-order valence-electron chi connectivity index (χ4n) is 3.97. The summed E-state index contributed by atoms with van der Waals surface area (Å²) >= 11 is 0. The molecule has 11 heteroatoms. The third-order valence-electron chi connectivity index (χ3n) is 5.59. The molecule has 0 aliphatic carbocycles. The predicted molar refractivity (Wildman–Crippen MR) is 113 cm³/mol. The predicted octanol–water partition coefficient (Wildman–Crippen LogP) is 4.47. The van der Waals surface area contributed by atoms with Crippen LogP contribution in [0.15, 0.2) is 46.9 Å². The van der Waals surface area contributed by atoms with Crippen LogP contribution in [0.4, 0.5) is 24.5 Å². The average molecular weight is 463 g/mol. The van der Waals surface area contributed by atoms with Crippen molar-refractivity contribution in [3.05, 3.63) is 69.5 Å². The molecule has 0 spiro atoms. The fraction of sp³-hybridized carbons (Fsp3) is 0.318. The molecule has 4 rings (SSSR count). The zero-order chi connectivity index (χ0) is 23.8. The number of nitrogens with zero attached hydrogens (tertiary/aromatic N) is 3. The number of benzene rings is 2. The second-order valence-corrected chi connectivity index (χ2v) is 7.58. The van der Waals surface area contributed by atoms with Crippen molar-refractivity contribution in [3.8, 4) is 0 Å². The number of fused-ring (bicyclic) bond motifs is 1. The van der Waals surface area contributed by atoms with Crippen molar-refractivity contribution >= 4 is 28.3 Å². The average Bonchev–Trinajstić information content (AvgIpc) is 3.16. The van der Waals surface area contributed by atoms with Crippen molar-refractivity contribution < 1.29 is 32.0 Å². The van der Waals surface area contributed by atoms with Crippen molar-refractivity contribution in [1.82, 2.24) is 4.90 Å². The number of methoxy groups -OCH3 is 1. The van der Waals surface area contributed by atoms with Gasteiger partial charge >= 0.3 is 6.18 Å². The molecule has 0 radical (unpaired) electrons. The molecule has 0 atom stereocenters. The Morgan fingerprint density at radius 3 is 2.48 bits per heavy atom. The van der Waals surface area contributed by atoms with Gasteiger partial charge in [-0.25, -0.2) is 0 Å². The third-order valence-corrected chi connectivity index (χ3v) is 5.59. The lowest BCUT2D eigenvalue weighted by Gasteiger charge is -2.35. The molecule has 1 amide bonds. The van der Waals surface area contributed by atoms with Crippen molar-refractivity contribution in [2.45, 2.75) is 12.8 Å². The molecule has 1 fully saturated rings. The molecule has 0 N–H and O–H groups in total. The number of nitro benzene ring substituents is 1. The molecule has 174 valence electrons. The molecule has 2 heterocycles. The highest BCUT2D eigenvalue weighted by molar-refractivity contribution is 5.99. The van der Waals surface area contributed by atoms with Gasteiger partial charge in [0, 0.05) is 50.3 Å². The van der Waals surface area contributed by atoms with Gasteiger partial charge in [0.15, 0.2) is 5.76 Å². The van der Waals surface area contributed by atoms with Crippen LogP contribution < -0.4 is 4.90 Å². The summed E-state index contributed by atoms with van der Waals surface area (Å²) in [5, 5.41) is 12.2. The number of halogens is 3. The van der Waals surface area contributed by atoms with Crippen molar-refractivity contribution in [3.63, 3.8) is 0 Å². The SMILES string of the molecule is COCc1c(C(=O)N2CCN(c3ccc(C(F)(F)F)cc3[N+](=O)[O-])CC2)oc2ccccc12. The van der Waals surface area contributed by atoms with Gasteiger partial charge in [0.1, 0.15) is 11.3 Å². The summed E-state index contributed by atoms with van der Waals surface area (Å²) in [5.41, 5.74) is -0.415. The van der Waals surface area contributed by atoms with Crippen LogP contribution >= 0.6 is 0 Å². The Kier molecular flexibility index (Phi) is 5.98. The maximum absolute atomic E-state index is 13.2. The van der Waals surface area contributed by atoms with Gasteiger partial charge in [-0.15, -0.1) is 0 Å². The number of anilines is 1. The first-order valence-corrected chi connectivity index (χ1v) is 10.1. The number of para-hydroxylation sites is 1. The number of hydrogen-bond acceptors (Lipinski definition) is 6. The Labute approximate surface area is 186 Å². The second kappa shape index (κ2) is 8.74. The first-order valence-electron chi connectivity index (χ1n) is 10.1. The summed E-state index contributed by atoms with van der Waals surface area (Å²) < 4.78 is 49.9. The summed E-state index contributed by atoms with van der Waals surface area (Å²) in [4.78, 5) is 26.9. The first-order chi connectivity index (χ1) is 15.7. The van der Waals surface area contributed by atoms with Gasteiger partial charge in [-0.3, -0.25) is 14.9 Å². The third kappa shape index (κ3) is 4.36. The number of alkyl halides is 3. The minimum atomic E-state index is -4.68. The van der Waals surface area contributed by atoms with E-state index in [1.54, 1.807) is 21.9 Å². The Morgan fingerprint density at radius 2 is 1.85 bits per heavy atom. The van der Waals surface area contributed by atoms with E-state index in [-0.39, 0.29) is 50.1 Å². The molecule has 0 bridgehead atoms. The monoisotopic (exact) mass is 463 g/mol. The van der Waals surface area contributed by atoms with Gasteiger partial charge in [-0.05, 0) is 18.2 Å². The highest BCUT2D eigenvalue weighted by atomic mass is 19.4. The van der Waals surface area contributed by atoms with Crippen LogP contribution in [0.1, 0.15) is 21.7 Å². The van der Waals surface area contributed by atoms with E-state index in [0.717, 1.165) is 17.5 Å². The summed E-state index contributed by atoms with van der Waals surface area (Å²) in [6.45, 7) is 1.08. The molecule has 0 unspecified atom stereocenters. The molecule has 3 aromatic rings. The number of hydrogen-bond donors (Lipinski definition) is 0. The van der Waals surface area contributed by atoms with Crippen LogP contribution in [-0.2, 0) is 17.5 Å². The fourth-order valence-corrected chi connectivity index (χ4v) is 3.97. The van der Waals surface area contributed by atoms with Gasteiger partial charge in [0.25, 0.3) is 11.6 Å². The van der Waals surface area contributed by atoms with Gasteiger partial charge in [0.05, 0.1) is 17.1 Å². The number of carbonyl (C=O) groups excluding carboxylic acids is 1. The summed E-state index contributed by atoms with van der Waals surface area (Å²) in [5.74, 6) is -0.160. The van der Waals surface area contributed by atoms with Crippen LogP contribution in [0, 0.1) is 10.1 Å². The van der Waals surface area contributed by atoms with E-state index in [1.165, 1.54) is 7.11 Å². The van der Waals surface area contributed by atoms with Gasteiger partial charge in [0.2, 0.25) is 0 Å². The molecular formula is C22H20F3N3O5. The van der Waals surface area contributed by atoms with E-state index in [2.05, 4.69) is 0 Å². The lowest BCUT2D eigenvalue weighted by Crippen LogP contribution is -2.49. The lowest BCUT2D eigenvalue weighted by molar-refractivity contribution is -0.384. The molecule has 33 heavy (non-hydrogen) atoms. The smallest absolute Gasteiger partial charge is 0.416 e. The van der Waals surface area contributed by atoms with Gasteiger partial charge in [-0.1, -0.05) is 18.2 Å². The summed E-state index contributed by atoms with van der Waals surface area (Å²) in [6, 6.07) is 9.70. The molecule has 1 aliphatic heterocycles. The molecule has 8 nitrogen and oxygen atoms in total. The number of amides is 1. The largest absolute Gasteiger partial charge is 0.451 e. The zero-order valence-electron chi connectivity index (χ0n) is 17.6. The summed E-state index contributed by atoms with van der Waals surface area (Å²) in [7, 11) is 1.52. The van der Waals surface area contributed by atoms with E-state index >= 15 is 0 Å². The quantitative estimate of drug-likeness (QED) is 0.410. The van der Waals surface area contributed by atoms with Crippen molar-refractivity contribution in [2.24, 2.45) is 0 Å². The molecular weight excluding hydrogens is 443 g/mol. The van der Waals surface area contributed by atoms with Crippen LogP contribution in [0.5, 0.6) is 0 Å². The van der Waals surface area contributed by atoms with Crippen LogP contribution in [0.2, 0.25) is 0 Å². The maximum Gasteiger partial charge on any atom is 0.416 e. The van der Waals surface area contributed by atoms with Crippen LogP contribution in [0.25, 0.3) is 11.0 Å². The zero-order valence-corrected chi connectivity index (χ0v) is 17.6. The van der Waals surface area contributed by atoms with E-state index in [9.17, 15) is 28.1 Å². The number of nitro groups is 1. The van der Waals surface area contributed by atoms with E-state index < -0.39 is 22.4 Å². The number of furan rings is 1. The first kappa shape index (κ1) is 22.6. The molecule has 0 saturated carbocycles. The normalized spacial score (nSPS) is 14.7. The molecule has 1 aliphatic rings. The minimum Gasteiger partial charge on any atom is -0.451 e. The topological polar surface area (TPSA) is 89.1 Å². The molecule has 1 aromatic heterocycles. The van der Waals surface area contributed by atoms with Crippen LogP contribution in [-0.4, -0.2) is 49.0 Å². The number of ether oxygens (including phenoxy) is 1. The Hall–Kier alpha value is -3.60. The highest BCUT2D eigenvalue weighted by Crippen LogP contribution is 2.37. The van der Waals surface area contributed by atoms with Crippen LogP contribution in [0.3, 0.4) is 0 Å². The second-order valence-electron chi connectivity index (χ2n) is 7.58. The van der Waals surface area contributed by atoms with E-state index in [1.807, 2.05) is 12.1 Å². The van der Waals surface area contributed by atoms with Crippen molar-refractivity contribution in [1.29, 1.82) is 0 Å². The van der Waals surface area contributed by atoms with E-state index in [4.69, 9.17) is 9.15 Å². The Bertz CT molecular complexity index is 1200. The molecule has 1 saturated heterocycles. The number of piperazine rings is 1. The number of carbonyl (C=O) groups is 1. The lowest BCUT2D eigenvalue weighted by atomic mass is 10.1. The maximum atomic E-state index is 13.2. The van der Waals surface area contributed by atoms with Gasteiger partial charge in [-0.2, -0.15) is 13.2 Å². The summed E-state index contributed by atoms with van der Waals surface area (Å²) in [6.07, 6.45) is -4.68. The molecule has 2 aromatic carbocycles. The Morgan fingerprint density at radius 1 is 1.15 bits per heavy atom. The Balaban J connectivity index is 1.54.